The van der Waals surface area contributed by atoms with Crippen molar-refractivity contribution in [2.75, 3.05) is 18.9 Å². The van der Waals surface area contributed by atoms with Gasteiger partial charge in [-0.1, -0.05) is 6.07 Å². The second-order valence-corrected chi connectivity index (χ2v) is 7.10. The average Bonchev–Trinajstić information content (AvgIpc) is 2.70. The molecule has 0 unspecified atom stereocenters. The molecule has 7 heteroatoms. The number of pyridine rings is 1. The number of aryl methyl sites for hydroxylation is 1. The molecule has 1 aliphatic heterocycles. The number of anilines is 1. The minimum atomic E-state index is -0.278. The number of nitrogens with one attached hydrogen (secondary N) is 3. The molecular weight excluding hydrogens is 356 g/mol. The van der Waals surface area contributed by atoms with Crippen LogP contribution in [0.4, 0.5) is 5.69 Å². The Hall–Kier alpha value is -2.93. The highest BCUT2D eigenvalue weighted by molar-refractivity contribution is 5.93. The van der Waals surface area contributed by atoms with Gasteiger partial charge >= 0.3 is 0 Å². The molecular formula is C21H26N4O3. The Balaban J connectivity index is 1.73. The van der Waals surface area contributed by atoms with Gasteiger partial charge in [0.1, 0.15) is 17.2 Å². The van der Waals surface area contributed by atoms with Crippen molar-refractivity contribution < 1.29 is 14.3 Å². The van der Waals surface area contributed by atoms with E-state index in [0.717, 1.165) is 24.9 Å². The molecule has 2 amide bonds. The first-order valence-electron chi connectivity index (χ1n) is 9.47. The van der Waals surface area contributed by atoms with Gasteiger partial charge in [0.25, 0.3) is 5.91 Å². The fraction of sp³-hybridized carbons (Fsp3) is 0.381. The molecule has 0 spiro atoms. The van der Waals surface area contributed by atoms with E-state index in [1.165, 1.54) is 6.20 Å². The largest absolute Gasteiger partial charge is 0.457 e. The Morgan fingerprint density at radius 3 is 2.82 bits per heavy atom. The van der Waals surface area contributed by atoms with Gasteiger partial charge in [0, 0.05) is 43.0 Å². The lowest BCUT2D eigenvalue weighted by atomic mass is 9.92. The van der Waals surface area contributed by atoms with E-state index in [9.17, 15) is 9.59 Å². The molecule has 1 aliphatic rings. The number of carbonyl (C=O) groups excluding carboxylic acids is 2. The summed E-state index contributed by atoms with van der Waals surface area (Å²) in [5.41, 5.74) is 1.89. The van der Waals surface area contributed by atoms with Crippen LogP contribution in [-0.2, 0) is 4.79 Å². The Kier molecular flexibility index (Phi) is 6.26. The third-order valence-corrected chi connectivity index (χ3v) is 4.87. The van der Waals surface area contributed by atoms with Crippen molar-refractivity contribution >= 4 is 17.5 Å². The molecule has 3 rings (SSSR count). The normalized spacial score (nSPS) is 19.0. The van der Waals surface area contributed by atoms with Gasteiger partial charge in [-0.3, -0.25) is 14.6 Å². The summed E-state index contributed by atoms with van der Waals surface area (Å²) in [7, 11) is 1.55. The zero-order valence-corrected chi connectivity index (χ0v) is 16.4. The average molecular weight is 382 g/mol. The van der Waals surface area contributed by atoms with E-state index in [0.29, 0.717) is 23.2 Å². The van der Waals surface area contributed by atoms with Crippen LogP contribution in [0.2, 0.25) is 0 Å². The van der Waals surface area contributed by atoms with Crippen LogP contribution in [0.5, 0.6) is 11.5 Å². The smallest absolute Gasteiger partial charge is 0.269 e. The molecule has 148 valence electrons. The number of piperidine rings is 1. The summed E-state index contributed by atoms with van der Waals surface area (Å²) >= 11 is 0. The lowest BCUT2D eigenvalue weighted by Gasteiger charge is -2.27. The first-order chi connectivity index (χ1) is 13.5. The van der Waals surface area contributed by atoms with E-state index in [4.69, 9.17) is 4.74 Å². The van der Waals surface area contributed by atoms with Gasteiger partial charge in [0.05, 0.1) is 0 Å². The zero-order valence-electron chi connectivity index (χ0n) is 16.4. The molecule has 0 bridgehead atoms. The van der Waals surface area contributed by atoms with Gasteiger partial charge in [-0.2, -0.15) is 0 Å². The van der Waals surface area contributed by atoms with E-state index in [2.05, 4.69) is 27.9 Å². The topological polar surface area (TPSA) is 92.4 Å². The molecule has 0 radical (unpaired) electrons. The maximum absolute atomic E-state index is 12.6. The number of nitrogens with zero attached hydrogens (tertiary/aromatic N) is 1. The van der Waals surface area contributed by atoms with E-state index in [1.807, 2.05) is 19.1 Å². The molecule has 1 fully saturated rings. The van der Waals surface area contributed by atoms with Gasteiger partial charge in [0.15, 0.2) is 0 Å². The summed E-state index contributed by atoms with van der Waals surface area (Å²) in [5, 5.41) is 8.90. The van der Waals surface area contributed by atoms with E-state index >= 15 is 0 Å². The zero-order chi connectivity index (χ0) is 20.1. The van der Waals surface area contributed by atoms with Crippen LogP contribution in [-0.4, -0.2) is 36.4 Å². The molecule has 3 N–H and O–H groups in total. The number of hydrogen-bond acceptors (Lipinski definition) is 5. The minimum absolute atomic E-state index is 0.0113. The summed E-state index contributed by atoms with van der Waals surface area (Å²) in [5.74, 6) is 0.892. The van der Waals surface area contributed by atoms with Crippen LogP contribution in [0.25, 0.3) is 0 Å². The Morgan fingerprint density at radius 1 is 1.25 bits per heavy atom. The summed E-state index contributed by atoms with van der Waals surface area (Å²) in [6.45, 7) is 4.88. The maximum Gasteiger partial charge on any atom is 0.269 e. The first-order valence-corrected chi connectivity index (χ1v) is 9.47. The van der Waals surface area contributed by atoms with Gasteiger partial charge in [-0.25, -0.2) is 0 Å². The Bertz CT molecular complexity index is 868. The highest BCUT2D eigenvalue weighted by Gasteiger charge is 2.24. The number of benzene rings is 1. The Morgan fingerprint density at radius 2 is 2.07 bits per heavy atom. The summed E-state index contributed by atoms with van der Waals surface area (Å²) in [6.07, 6.45) is 3.20. The summed E-state index contributed by atoms with van der Waals surface area (Å²) < 4.78 is 5.95. The van der Waals surface area contributed by atoms with Gasteiger partial charge < -0.3 is 20.7 Å². The molecule has 2 atom stereocenters. The minimum Gasteiger partial charge on any atom is -0.457 e. The quantitative estimate of drug-likeness (QED) is 0.740. The number of rotatable bonds is 5. The van der Waals surface area contributed by atoms with Crippen molar-refractivity contribution in [2.24, 2.45) is 5.92 Å². The molecule has 2 aromatic rings. The molecule has 1 saturated heterocycles. The van der Waals surface area contributed by atoms with Gasteiger partial charge in [-0.05, 0) is 50.9 Å². The fourth-order valence-electron chi connectivity index (χ4n) is 3.26. The SMILES string of the molecule is CNC(=O)c1cc(Oc2cc(NC(=O)[C@H]3CCN[C@@H](C)C3)ccc2C)ccn1. The van der Waals surface area contributed by atoms with Crippen LogP contribution in [0.1, 0.15) is 35.8 Å². The lowest BCUT2D eigenvalue weighted by Crippen LogP contribution is -2.40. The van der Waals surface area contributed by atoms with Gasteiger partial charge in [-0.15, -0.1) is 0 Å². The monoisotopic (exact) mass is 382 g/mol. The standard InChI is InChI=1S/C21H26N4O3/c1-13-4-5-16(25-20(26)15-6-8-23-14(2)10-15)11-19(13)28-17-7-9-24-18(12-17)21(27)22-3/h4-5,7,9,11-12,14-15,23H,6,8,10H2,1-3H3,(H,22,27)(H,25,26)/t14-,15-/m0/s1. The fourth-order valence-corrected chi connectivity index (χ4v) is 3.26. The molecule has 7 nitrogen and oxygen atoms in total. The van der Waals surface area contributed by atoms with E-state index < -0.39 is 0 Å². The molecule has 1 aromatic carbocycles. The lowest BCUT2D eigenvalue weighted by molar-refractivity contribution is -0.120. The predicted molar refractivity (Wildman–Crippen MR) is 108 cm³/mol. The highest BCUT2D eigenvalue weighted by atomic mass is 16.5. The van der Waals surface area contributed by atoms with E-state index in [-0.39, 0.29) is 23.4 Å². The van der Waals surface area contributed by atoms with Crippen LogP contribution in [0.3, 0.4) is 0 Å². The molecule has 0 aliphatic carbocycles. The van der Waals surface area contributed by atoms with Crippen molar-refractivity contribution in [1.82, 2.24) is 15.6 Å². The second-order valence-electron chi connectivity index (χ2n) is 7.10. The molecule has 28 heavy (non-hydrogen) atoms. The number of carbonyl (C=O) groups is 2. The third kappa shape index (κ3) is 4.86. The number of aromatic nitrogens is 1. The number of amides is 2. The molecule has 0 saturated carbocycles. The van der Waals surface area contributed by atoms with Crippen LogP contribution >= 0.6 is 0 Å². The molecule has 1 aromatic heterocycles. The third-order valence-electron chi connectivity index (χ3n) is 4.87. The summed E-state index contributed by atoms with van der Waals surface area (Å²) in [6, 6.07) is 9.19. The van der Waals surface area contributed by atoms with Crippen LogP contribution < -0.4 is 20.7 Å². The number of ether oxygens (including phenoxy) is 1. The van der Waals surface area contributed by atoms with Crippen LogP contribution in [0, 0.1) is 12.8 Å². The van der Waals surface area contributed by atoms with Crippen molar-refractivity contribution in [3.05, 3.63) is 47.8 Å². The van der Waals surface area contributed by atoms with Crippen molar-refractivity contribution in [3.8, 4) is 11.5 Å². The predicted octanol–water partition coefficient (Wildman–Crippen LogP) is 2.87. The van der Waals surface area contributed by atoms with E-state index in [1.54, 1.807) is 25.2 Å². The van der Waals surface area contributed by atoms with Gasteiger partial charge in [0.2, 0.25) is 5.91 Å². The Labute approximate surface area is 164 Å². The maximum atomic E-state index is 12.6. The summed E-state index contributed by atoms with van der Waals surface area (Å²) in [4.78, 5) is 28.4. The van der Waals surface area contributed by atoms with Crippen molar-refractivity contribution in [3.63, 3.8) is 0 Å². The van der Waals surface area contributed by atoms with Crippen molar-refractivity contribution in [1.29, 1.82) is 0 Å². The number of hydrogen-bond donors (Lipinski definition) is 3. The second kappa shape index (κ2) is 8.84. The first kappa shape index (κ1) is 19.8. The van der Waals surface area contributed by atoms with Crippen molar-refractivity contribution in [2.45, 2.75) is 32.7 Å². The van der Waals surface area contributed by atoms with Crippen LogP contribution in [0.15, 0.2) is 36.5 Å². The highest BCUT2D eigenvalue weighted by Crippen LogP contribution is 2.29. The molecule has 2 heterocycles.